The first-order valence-corrected chi connectivity index (χ1v) is 5.84. The van der Waals surface area contributed by atoms with Crippen molar-refractivity contribution in [1.82, 2.24) is 14.9 Å². The van der Waals surface area contributed by atoms with Crippen LogP contribution in [0.5, 0.6) is 0 Å². The molecule has 2 aromatic heterocycles. The minimum atomic E-state index is -0.644. The van der Waals surface area contributed by atoms with Gasteiger partial charge in [-0.3, -0.25) is 4.79 Å². The van der Waals surface area contributed by atoms with Crippen molar-refractivity contribution in [3.63, 3.8) is 0 Å². The van der Waals surface area contributed by atoms with Crippen LogP contribution in [0.4, 0.5) is 0 Å². The topological polar surface area (TPSA) is 108 Å². The molecule has 2 rings (SSSR count). The highest BCUT2D eigenvalue weighted by atomic mass is 16.3. The summed E-state index contributed by atoms with van der Waals surface area (Å²) in [6, 6.07) is 6.53. The van der Waals surface area contributed by atoms with Crippen LogP contribution in [0, 0.1) is 22.7 Å². The summed E-state index contributed by atoms with van der Waals surface area (Å²) >= 11 is 0. The molecule has 7 nitrogen and oxygen atoms in total. The smallest absolute Gasteiger partial charge is 0.243 e. The number of hydrogen-bond donors (Lipinski definition) is 1. The molecule has 7 heteroatoms. The van der Waals surface area contributed by atoms with Crippen LogP contribution < -0.4 is 5.32 Å². The summed E-state index contributed by atoms with van der Waals surface area (Å²) in [6.07, 6.45) is 2.84. The van der Waals surface area contributed by atoms with E-state index in [0.717, 1.165) is 0 Å². The third-order valence-corrected chi connectivity index (χ3v) is 2.82. The first-order valence-electron chi connectivity index (χ1n) is 5.84. The summed E-state index contributed by atoms with van der Waals surface area (Å²) in [5.74, 6) is 0.342. The van der Waals surface area contributed by atoms with E-state index in [1.807, 2.05) is 12.1 Å². The lowest BCUT2D eigenvalue weighted by atomic mass is 10.2. The van der Waals surface area contributed by atoms with E-state index in [1.165, 1.54) is 17.2 Å². The highest BCUT2D eigenvalue weighted by molar-refractivity contribution is 5.80. The van der Waals surface area contributed by atoms with Gasteiger partial charge in [0.05, 0.1) is 19.1 Å². The van der Waals surface area contributed by atoms with Crippen LogP contribution in [0.25, 0.3) is 0 Å². The molecule has 100 valence electrons. The molecule has 1 unspecified atom stereocenters. The number of nitrogens with one attached hydrogen (secondary N) is 1. The highest BCUT2D eigenvalue weighted by Gasteiger charge is 2.20. The zero-order chi connectivity index (χ0) is 14.5. The summed E-state index contributed by atoms with van der Waals surface area (Å²) in [5.41, 5.74) is 0.0892. The first kappa shape index (κ1) is 13.4. The van der Waals surface area contributed by atoms with Crippen molar-refractivity contribution in [2.45, 2.75) is 19.5 Å². The molecule has 0 bridgehead atoms. The summed E-state index contributed by atoms with van der Waals surface area (Å²) in [4.78, 5) is 15.8. The number of imidazole rings is 1. The molecule has 0 aliphatic rings. The van der Waals surface area contributed by atoms with Crippen molar-refractivity contribution < 1.29 is 9.21 Å². The lowest BCUT2D eigenvalue weighted by Crippen LogP contribution is -2.30. The zero-order valence-corrected chi connectivity index (χ0v) is 10.7. The molecule has 1 amide bonds. The second kappa shape index (κ2) is 5.72. The molecule has 0 aromatic carbocycles. The van der Waals surface area contributed by atoms with Crippen LogP contribution in [0.15, 0.2) is 29.1 Å². The van der Waals surface area contributed by atoms with Crippen molar-refractivity contribution >= 4 is 5.91 Å². The maximum atomic E-state index is 12.0. The van der Waals surface area contributed by atoms with Gasteiger partial charge in [-0.05, 0) is 19.1 Å². The number of rotatable bonds is 4. The molecular weight excluding hydrogens is 258 g/mol. The van der Waals surface area contributed by atoms with Crippen LogP contribution in [0.2, 0.25) is 0 Å². The van der Waals surface area contributed by atoms with Crippen LogP contribution in [-0.4, -0.2) is 15.5 Å². The number of aromatic nitrogens is 2. The fourth-order valence-corrected chi connectivity index (χ4v) is 1.71. The summed E-state index contributed by atoms with van der Waals surface area (Å²) in [5, 5.41) is 20.5. The summed E-state index contributed by atoms with van der Waals surface area (Å²) < 4.78 is 6.48. The predicted molar refractivity (Wildman–Crippen MR) is 66.9 cm³/mol. The Morgan fingerprint density at radius 2 is 2.35 bits per heavy atom. The standard InChI is InChI=1S/C13H11N5O2/c1-9(13(19)16-7-10-3-2-4-20-10)18-8-17-11(5-14)12(18)6-15/h2-4,8-9H,7H2,1H3,(H,16,19). The van der Waals surface area contributed by atoms with Crippen LogP contribution in [-0.2, 0) is 11.3 Å². The van der Waals surface area contributed by atoms with E-state index >= 15 is 0 Å². The van der Waals surface area contributed by atoms with Crippen LogP contribution in [0.1, 0.15) is 30.1 Å². The van der Waals surface area contributed by atoms with Gasteiger partial charge in [-0.15, -0.1) is 0 Å². The molecule has 2 aromatic rings. The van der Waals surface area contributed by atoms with Gasteiger partial charge in [0, 0.05) is 0 Å². The zero-order valence-electron chi connectivity index (χ0n) is 10.7. The van der Waals surface area contributed by atoms with Gasteiger partial charge in [0.25, 0.3) is 0 Å². The molecule has 0 saturated heterocycles. The fraction of sp³-hybridized carbons (Fsp3) is 0.231. The lowest BCUT2D eigenvalue weighted by molar-refractivity contribution is -0.124. The molecule has 0 radical (unpaired) electrons. The quantitative estimate of drug-likeness (QED) is 0.894. The summed E-state index contributed by atoms with van der Waals surface area (Å²) in [6.45, 7) is 1.89. The minimum absolute atomic E-state index is 0.0122. The Labute approximate surface area is 115 Å². The maximum absolute atomic E-state index is 12.0. The van der Waals surface area contributed by atoms with E-state index in [2.05, 4.69) is 10.3 Å². The van der Waals surface area contributed by atoms with Gasteiger partial charge in [-0.2, -0.15) is 10.5 Å². The number of amides is 1. The molecular formula is C13H11N5O2. The number of nitrogens with zero attached hydrogens (tertiary/aromatic N) is 4. The van der Waals surface area contributed by atoms with Crippen molar-refractivity contribution in [3.05, 3.63) is 41.9 Å². The van der Waals surface area contributed by atoms with Gasteiger partial charge in [0.2, 0.25) is 5.91 Å². The molecule has 0 aliphatic carbocycles. The molecule has 0 aliphatic heterocycles. The summed E-state index contributed by atoms with van der Waals surface area (Å²) in [7, 11) is 0. The normalized spacial score (nSPS) is 11.3. The Balaban J connectivity index is 2.09. The second-order valence-corrected chi connectivity index (χ2v) is 4.05. The molecule has 2 heterocycles. The molecule has 0 spiro atoms. The van der Waals surface area contributed by atoms with Gasteiger partial charge in [-0.25, -0.2) is 4.98 Å². The van der Waals surface area contributed by atoms with Crippen LogP contribution in [0.3, 0.4) is 0 Å². The van der Waals surface area contributed by atoms with Crippen molar-refractivity contribution in [2.75, 3.05) is 0 Å². The Hall–Kier alpha value is -3.06. The number of carbonyl (C=O) groups is 1. The molecule has 20 heavy (non-hydrogen) atoms. The van der Waals surface area contributed by atoms with Crippen molar-refractivity contribution in [1.29, 1.82) is 10.5 Å². The van der Waals surface area contributed by atoms with E-state index in [0.29, 0.717) is 5.76 Å². The Morgan fingerprint density at radius 3 is 2.95 bits per heavy atom. The average molecular weight is 269 g/mol. The predicted octanol–water partition coefficient (Wildman–Crippen LogP) is 1.10. The third-order valence-electron chi connectivity index (χ3n) is 2.82. The van der Waals surface area contributed by atoms with Gasteiger partial charge in [0.15, 0.2) is 11.4 Å². The Morgan fingerprint density at radius 1 is 1.55 bits per heavy atom. The monoisotopic (exact) mass is 269 g/mol. The first-order chi connectivity index (χ1) is 9.67. The fourth-order valence-electron chi connectivity index (χ4n) is 1.71. The van der Waals surface area contributed by atoms with E-state index in [4.69, 9.17) is 14.9 Å². The van der Waals surface area contributed by atoms with Gasteiger partial charge in [0.1, 0.15) is 23.9 Å². The lowest BCUT2D eigenvalue weighted by Gasteiger charge is -2.13. The van der Waals surface area contributed by atoms with Crippen LogP contribution >= 0.6 is 0 Å². The number of nitriles is 2. The average Bonchev–Trinajstić information content (AvgIpc) is 3.11. The van der Waals surface area contributed by atoms with E-state index in [9.17, 15) is 4.79 Å². The number of furan rings is 1. The van der Waals surface area contributed by atoms with E-state index in [1.54, 1.807) is 19.1 Å². The van der Waals surface area contributed by atoms with E-state index < -0.39 is 6.04 Å². The SMILES string of the molecule is CC(C(=O)NCc1ccco1)n1cnc(C#N)c1C#N. The second-order valence-electron chi connectivity index (χ2n) is 4.05. The van der Waals surface area contributed by atoms with Crippen molar-refractivity contribution in [2.24, 2.45) is 0 Å². The molecule has 0 saturated carbocycles. The van der Waals surface area contributed by atoms with Gasteiger partial charge >= 0.3 is 0 Å². The maximum Gasteiger partial charge on any atom is 0.243 e. The number of hydrogen-bond acceptors (Lipinski definition) is 5. The Kier molecular flexibility index (Phi) is 3.82. The Bertz CT molecular complexity index is 687. The third kappa shape index (κ3) is 2.52. The highest BCUT2D eigenvalue weighted by Crippen LogP contribution is 2.13. The molecule has 0 fully saturated rings. The van der Waals surface area contributed by atoms with Crippen molar-refractivity contribution in [3.8, 4) is 12.1 Å². The minimum Gasteiger partial charge on any atom is -0.467 e. The van der Waals surface area contributed by atoms with Gasteiger partial charge < -0.3 is 14.3 Å². The number of carbonyl (C=O) groups excluding carboxylic acids is 1. The largest absolute Gasteiger partial charge is 0.467 e. The van der Waals surface area contributed by atoms with E-state index in [-0.39, 0.29) is 23.8 Å². The molecule has 1 atom stereocenters. The molecule has 1 N–H and O–H groups in total. The van der Waals surface area contributed by atoms with Gasteiger partial charge in [-0.1, -0.05) is 0 Å².